The zero-order valence-corrected chi connectivity index (χ0v) is 9.64. The number of aliphatic hydroxyl groups excluding tert-OH is 1. The van der Waals surface area contributed by atoms with Crippen molar-refractivity contribution >= 4 is 0 Å². The summed E-state index contributed by atoms with van der Waals surface area (Å²) >= 11 is 0. The fraction of sp³-hybridized carbons (Fsp3) is 0.500. The third-order valence-electron chi connectivity index (χ3n) is 2.49. The molecule has 2 atom stereocenters. The van der Waals surface area contributed by atoms with Gasteiger partial charge in [0.1, 0.15) is 11.5 Å². The molecular weight excluding hydrogens is 206 g/mol. The maximum absolute atomic E-state index is 9.62. The Morgan fingerprint density at radius 3 is 2.50 bits per heavy atom. The summed E-state index contributed by atoms with van der Waals surface area (Å²) in [7, 11) is 0. The van der Waals surface area contributed by atoms with Crippen molar-refractivity contribution in [3.05, 3.63) is 23.8 Å². The molecule has 0 aromatic heterocycles. The second kappa shape index (κ2) is 5.72. The predicted octanol–water partition coefficient (Wildman–Crippen LogP) is 1.52. The molecule has 0 saturated carbocycles. The van der Waals surface area contributed by atoms with Gasteiger partial charge >= 0.3 is 0 Å². The third kappa shape index (κ3) is 3.72. The largest absolute Gasteiger partial charge is 0.508 e. The number of nitrogens with one attached hydrogen (secondary N) is 1. The van der Waals surface area contributed by atoms with Crippen molar-refractivity contribution in [1.29, 1.82) is 0 Å². The van der Waals surface area contributed by atoms with Crippen LogP contribution < -0.4 is 5.32 Å². The van der Waals surface area contributed by atoms with E-state index in [1.807, 2.05) is 6.92 Å². The smallest absolute Gasteiger partial charge is 0.124 e. The summed E-state index contributed by atoms with van der Waals surface area (Å²) in [6.07, 6.45) is 0.344. The van der Waals surface area contributed by atoms with Gasteiger partial charge < -0.3 is 20.6 Å². The predicted molar refractivity (Wildman–Crippen MR) is 62.5 cm³/mol. The summed E-state index contributed by atoms with van der Waals surface area (Å²) in [5, 5.41) is 31.1. The van der Waals surface area contributed by atoms with Gasteiger partial charge in [0.15, 0.2) is 0 Å². The zero-order valence-electron chi connectivity index (χ0n) is 9.64. The maximum Gasteiger partial charge on any atom is 0.124 e. The molecular formula is C12H19NO3. The quantitative estimate of drug-likeness (QED) is 0.613. The van der Waals surface area contributed by atoms with Crippen LogP contribution in [0.25, 0.3) is 0 Å². The molecule has 0 heterocycles. The van der Waals surface area contributed by atoms with Crippen molar-refractivity contribution in [3.8, 4) is 11.5 Å². The first-order valence-corrected chi connectivity index (χ1v) is 5.44. The van der Waals surface area contributed by atoms with E-state index < -0.39 is 0 Å². The SMILES string of the molecule is CC(O)CCNC(C)c1ccc(O)cc1O. The maximum atomic E-state index is 9.62. The number of benzene rings is 1. The van der Waals surface area contributed by atoms with E-state index in [1.54, 1.807) is 19.1 Å². The third-order valence-corrected chi connectivity index (χ3v) is 2.49. The molecule has 0 aliphatic carbocycles. The number of rotatable bonds is 5. The highest BCUT2D eigenvalue weighted by molar-refractivity contribution is 5.40. The van der Waals surface area contributed by atoms with Crippen LogP contribution >= 0.6 is 0 Å². The van der Waals surface area contributed by atoms with Crippen molar-refractivity contribution in [2.24, 2.45) is 0 Å². The van der Waals surface area contributed by atoms with Crippen LogP contribution in [0.2, 0.25) is 0 Å². The minimum absolute atomic E-state index is 0.0145. The first kappa shape index (κ1) is 12.8. The molecule has 0 bridgehead atoms. The average Bonchev–Trinajstić information content (AvgIpc) is 2.16. The van der Waals surface area contributed by atoms with E-state index >= 15 is 0 Å². The van der Waals surface area contributed by atoms with Gasteiger partial charge in [0.2, 0.25) is 0 Å². The Hall–Kier alpha value is -1.26. The first-order valence-electron chi connectivity index (χ1n) is 5.44. The lowest BCUT2D eigenvalue weighted by atomic mass is 10.1. The van der Waals surface area contributed by atoms with Crippen LogP contribution in [0.4, 0.5) is 0 Å². The van der Waals surface area contributed by atoms with Crippen molar-refractivity contribution in [2.75, 3.05) is 6.54 Å². The van der Waals surface area contributed by atoms with E-state index in [4.69, 9.17) is 10.2 Å². The highest BCUT2D eigenvalue weighted by atomic mass is 16.3. The summed E-state index contributed by atoms with van der Waals surface area (Å²) in [5.41, 5.74) is 0.739. The van der Waals surface area contributed by atoms with Gasteiger partial charge in [0, 0.05) is 17.7 Å². The minimum Gasteiger partial charge on any atom is -0.508 e. The van der Waals surface area contributed by atoms with Crippen molar-refractivity contribution in [1.82, 2.24) is 5.32 Å². The van der Waals surface area contributed by atoms with Crippen LogP contribution in [0.15, 0.2) is 18.2 Å². The summed E-state index contributed by atoms with van der Waals surface area (Å²) in [4.78, 5) is 0. The van der Waals surface area contributed by atoms with E-state index in [-0.39, 0.29) is 23.6 Å². The Morgan fingerprint density at radius 2 is 1.94 bits per heavy atom. The van der Waals surface area contributed by atoms with Gasteiger partial charge in [0.05, 0.1) is 6.10 Å². The van der Waals surface area contributed by atoms with Gasteiger partial charge in [-0.3, -0.25) is 0 Å². The molecule has 1 aromatic carbocycles. The topological polar surface area (TPSA) is 72.7 Å². The molecule has 1 aromatic rings. The standard InChI is InChI=1S/C12H19NO3/c1-8(14)5-6-13-9(2)11-4-3-10(15)7-12(11)16/h3-4,7-9,13-16H,5-6H2,1-2H3. The molecule has 4 nitrogen and oxygen atoms in total. The number of phenolic OH excluding ortho intramolecular Hbond substituents is 2. The number of aliphatic hydroxyl groups is 1. The highest BCUT2D eigenvalue weighted by Gasteiger charge is 2.10. The molecule has 0 radical (unpaired) electrons. The van der Waals surface area contributed by atoms with Crippen LogP contribution in [-0.2, 0) is 0 Å². The van der Waals surface area contributed by atoms with Gasteiger partial charge in [-0.1, -0.05) is 6.07 Å². The summed E-state index contributed by atoms with van der Waals surface area (Å²) < 4.78 is 0. The van der Waals surface area contributed by atoms with E-state index in [9.17, 15) is 5.11 Å². The van der Waals surface area contributed by atoms with E-state index in [0.717, 1.165) is 5.56 Å². The molecule has 90 valence electrons. The van der Waals surface area contributed by atoms with Gasteiger partial charge in [-0.15, -0.1) is 0 Å². The fourth-order valence-corrected chi connectivity index (χ4v) is 1.52. The Balaban J connectivity index is 2.55. The minimum atomic E-state index is -0.326. The molecule has 2 unspecified atom stereocenters. The molecule has 0 amide bonds. The van der Waals surface area contributed by atoms with Gasteiger partial charge in [-0.2, -0.15) is 0 Å². The molecule has 16 heavy (non-hydrogen) atoms. The summed E-state index contributed by atoms with van der Waals surface area (Å²) in [6, 6.07) is 4.54. The molecule has 0 saturated heterocycles. The van der Waals surface area contributed by atoms with Crippen molar-refractivity contribution in [3.63, 3.8) is 0 Å². The molecule has 0 spiro atoms. The van der Waals surface area contributed by atoms with Gasteiger partial charge in [-0.25, -0.2) is 0 Å². The average molecular weight is 225 g/mol. The number of aromatic hydroxyl groups is 2. The molecule has 0 fully saturated rings. The van der Waals surface area contributed by atoms with E-state index in [1.165, 1.54) is 6.07 Å². The highest BCUT2D eigenvalue weighted by Crippen LogP contribution is 2.27. The van der Waals surface area contributed by atoms with Gasteiger partial charge in [0.25, 0.3) is 0 Å². The molecule has 0 aliphatic rings. The number of hydrogen-bond acceptors (Lipinski definition) is 4. The lowest BCUT2D eigenvalue weighted by molar-refractivity contribution is 0.182. The molecule has 4 N–H and O–H groups in total. The normalized spacial score (nSPS) is 14.7. The molecule has 0 aliphatic heterocycles. The van der Waals surface area contributed by atoms with Crippen LogP contribution in [0.5, 0.6) is 11.5 Å². The second-order valence-electron chi connectivity index (χ2n) is 4.06. The van der Waals surface area contributed by atoms with Crippen molar-refractivity contribution in [2.45, 2.75) is 32.4 Å². The summed E-state index contributed by atoms with van der Waals surface area (Å²) in [6.45, 7) is 4.34. The number of phenols is 2. The lowest BCUT2D eigenvalue weighted by Gasteiger charge is -2.16. The lowest BCUT2D eigenvalue weighted by Crippen LogP contribution is -2.22. The Kier molecular flexibility index (Phi) is 4.58. The molecule has 1 rings (SSSR count). The fourth-order valence-electron chi connectivity index (χ4n) is 1.52. The van der Waals surface area contributed by atoms with Crippen LogP contribution in [0.1, 0.15) is 31.9 Å². The van der Waals surface area contributed by atoms with E-state index in [0.29, 0.717) is 13.0 Å². The van der Waals surface area contributed by atoms with Crippen LogP contribution in [-0.4, -0.2) is 28.0 Å². The first-order chi connectivity index (χ1) is 7.50. The van der Waals surface area contributed by atoms with Gasteiger partial charge in [-0.05, 0) is 32.9 Å². The number of hydrogen-bond donors (Lipinski definition) is 4. The zero-order chi connectivity index (χ0) is 12.1. The summed E-state index contributed by atoms with van der Waals surface area (Å²) in [5.74, 6) is 0.134. The Labute approximate surface area is 95.6 Å². The van der Waals surface area contributed by atoms with Crippen molar-refractivity contribution < 1.29 is 15.3 Å². The Morgan fingerprint density at radius 1 is 1.25 bits per heavy atom. The molecule has 4 heteroatoms. The van der Waals surface area contributed by atoms with E-state index in [2.05, 4.69) is 5.32 Å². The Bertz CT molecular complexity index is 339. The van der Waals surface area contributed by atoms with Crippen LogP contribution in [0.3, 0.4) is 0 Å². The second-order valence-corrected chi connectivity index (χ2v) is 4.06. The monoisotopic (exact) mass is 225 g/mol. The van der Waals surface area contributed by atoms with Crippen LogP contribution in [0, 0.1) is 0 Å².